The summed E-state index contributed by atoms with van der Waals surface area (Å²) in [6, 6.07) is 10.1. The Balaban J connectivity index is 1.97. The summed E-state index contributed by atoms with van der Waals surface area (Å²) in [4.78, 5) is 26.9. The average molecular weight is 282 g/mol. The van der Waals surface area contributed by atoms with E-state index in [1.807, 2.05) is 0 Å². The molecule has 5 nitrogen and oxygen atoms in total. The molecule has 1 N–H and O–H groups in total. The zero-order valence-electron chi connectivity index (χ0n) is 11.4. The van der Waals surface area contributed by atoms with Crippen molar-refractivity contribution in [2.75, 3.05) is 12.4 Å². The van der Waals surface area contributed by atoms with Crippen LogP contribution < -0.4 is 5.32 Å². The third kappa shape index (κ3) is 4.28. The monoisotopic (exact) mass is 282 g/mol. The first kappa shape index (κ1) is 14.5. The van der Waals surface area contributed by atoms with E-state index < -0.39 is 5.97 Å². The number of nitrogens with one attached hydrogen (secondary N) is 1. The molecule has 0 radical (unpaired) electrons. The lowest BCUT2D eigenvalue weighted by Crippen LogP contribution is -2.08. The second-order valence-corrected chi connectivity index (χ2v) is 4.17. The summed E-state index contributed by atoms with van der Waals surface area (Å²) in [5.74, 6) is -0.664. The maximum absolute atomic E-state index is 11.8. The quantitative estimate of drug-likeness (QED) is 0.691. The minimum Gasteiger partial charge on any atom is -0.465 e. The number of hydrogen-bond donors (Lipinski definition) is 1. The summed E-state index contributed by atoms with van der Waals surface area (Å²) in [5, 5.41) is 2.70. The molecule has 2 aromatic rings. The van der Waals surface area contributed by atoms with Crippen LogP contribution in [0.5, 0.6) is 0 Å². The van der Waals surface area contributed by atoms with Gasteiger partial charge in [0.05, 0.1) is 12.7 Å². The first-order valence-corrected chi connectivity index (χ1v) is 6.26. The second kappa shape index (κ2) is 7.00. The summed E-state index contributed by atoms with van der Waals surface area (Å²) in [6.07, 6.45) is 6.44. The molecule has 0 aliphatic carbocycles. The summed E-state index contributed by atoms with van der Waals surface area (Å²) in [7, 11) is 1.32. The van der Waals surface area contributed by atoms with Crippen LogP contribution in [0.25, 0.3) is 6.08 Å². The molecule has 0 fully saturated rings. The number of rotatable bonds is 4. The SMILES string of the molecule is COC(=O)c1ccc(NC(=O)C=Cc2ccncc2)cc1. The van der Waals surface area contributed by atoms with Crippen molar-refractivity contribution in [1.29, 1.82) is 0 Å². The van der Waals surface area contributed by atoms with Gasteiger partial charge < -0.3 is 10.1 Å². The molecule has 1 heterocycles. The van der Waals surface area contributed by atoms with Crippen molar-refractivity contribution in [3.05, 3.63) is 66.0 Å². The van der Waals surface area contributed by atoms with Crippen molar-refractivity contribution in [3.63, 3.8) is 0 Å². The van der Waals surface area contributed by atoms with E-state index in [0.717, 1.165) is 5.56 Å². The normalized spacial score (nSPS) is 10.3. The summed E-state index contributed by atoms with van der Waals surface area (Å²) in [6.45, 7) is 0. The van der Waals surface area contributed by atoms with Crippen molar-refractivity contribution in [2.45, 2.75) is 0 Å². The fourth-order valence-electron chi connectivity index (χ4n) is 1.64. The molecular weight excluding hydrogens is 268 g/mol. The highest BCUT2D eigenvalue weighted by molar-refractivity contribution is 6.02. The number of methoxy groups -OCH3 is 1. The van der Waals surface area contributed by atoms with Crippen LogP contribution in [0.15, 0.2) is 54.9 Å². The molecular formula is C16H14N2O3. The molecule has 0 bridgehead atoms. The fourth-order valence-corrected chi connectivity index (χ4v) is 1.64. The van der Waals surface area contributed by atoms with Crippen LogP contribution in [0.4, 0.5) is 5.69 Å². The molecule has 1 aromatic carbocycles. The van der Waals surface area contributed by atoms with E-state index in [1.165, 1.54) is 13.2 Å². The number of anilines is 1. The van der Waals surface area contributed by atoms with Gasteiger partial charge in [0.15, 0.2) is 0 Å². The van der Waals surface area contributed by atoms with Gasteiger partial charge in [-0.25, -0.2) is 4.79 Å². The number of esters is 1. The minimum atomic E-state index is -0.412. The molecule has 0 saturated heterocycles. The Morgan fingerprint density at radius 3 is 2.38 bits per heavy atom. The lowest BCUT2D eigenvalue weighted by atomic mass is 10.2. The van der Waals surface area contributed by atoms with Gasteiger partial charge in [0.2, 0.25) is 5.91 Å². The second-order valence-electron chi connectivity index (χ2n) is 4.17. The van der Waals surface area contributed by atoms with E-state index in [2.05, 4.69) is 15.0 Å². The number of carbonyl (C=O) groups is 2. The Kier molecular flexibility index (Phi) is 4.82. The largest absolute Gasteiger partial charge is 0.465 e. The number of pyridine rings is 1. The highest BCUT2D eigenvalue weighted by Gasteiger charge is 2.04. The lowest BCUT2D eigenvalue weighted by Gasteiger charge is -2.03. The van der Waals surface area contributed by atoms with Crippen molar-refractivity contribution < 1.29 is 14.3 Å². The van der Waals surface area contributed by atoms with Gasteiger partial charge in [-0.3, -0.25) is 9.78 Å². The zero-order valence-corrected chi connectivity index (χ0v) is 11.4. The summed E-state index contributed by atoms with van der Waals surface area (Å²) >= 11 is 0. The van der Waals surface area contributed by atoms with Crippen LogP contribution in [0, 0.1) is 0 Å². The topological polar surface area (TPSA) is 68.3 Å². The first-order valence-electron chi connectivity index (χ1n) is 6.26. The van der Waals surface area contributed by atoms with E-state index in [1.54, 1.807) is 54.9 Å². The molecule has 106 valence electrons. The molecule has 0 aliphatic heterocycles. The Labute approximate surface area is 122 Å². The summed E-state index contributed by atoms with van der Waals surface area (Å²) < 4.78 is 4.60. The van der Waals surface area contributed by atoms with Gasteiger partial charge in [-0.2, -0.15) is 0 Å². The molecule has 0 aliphatic rings. The van der Waals surface area contributed by atoms with Crippen LogP contribution >= 0.6 is 0 Å². The average Bonchev–Trinajstić information content (AvgIpc) is 2.54. The van der Waals surface area contributed by atoms with Gasteiger partial charge in [0.1, 0.15) is 0 Å². The summed E-state index contributed by atoms with van der Waals surface area (Å²) in [5.41, 5.74) is 1.93. The number of amides is 1. The van der Waals surface area contributed by atoms with E-state index in [0.29, 0.717) is 11.3 Å². The number of carbonyl (C=O) groups excluding carboxylic acids is 2. The highest BCUT2D eigenvalue weighted by atomic mass is 16.5. The third-order valence-electron chi connectivity index (χ3n) is 2.71. The zero-order chi connectivity index (χ0) is 15.1. The van der Waals surface area contributed by atoms with Gasteiger partial charge in [-0.05, 0) is 48.0 Å². The van der Waals surface area contributed by atoms with E-state index in [-0.39, 0.29) is 5.91 Å². The maximum atomic E-state index is 11.8. The number of aromatic nitrogens is 1. The van der Waals surface area contributed by atoms with E-state index in [9.17, 15) is 9.59 Å². The van der Waals surface area contributed by atoms with E-state index in [4.69, 9.17) is 0 Å². The smallest absolute Gasteiger partial charge is 0.337 e. The van der Waals surface area contributed by atoms with Gasteiger partial charge in [-0.1, -0.05) is 0 Å². The van der Waals surface area contributed by atoms with Crippen LogP contribution in [-0.4, -0.2) is 24.0 Å². The molecule has 1 amide bonds. The molecule has 2 rings (SSSR count). The van der Waals surface area contributed by atoms with Gasteiger partial charge in [0, 0.05) is 24.2 Å². The molecule has 21 heavy (non-hydrogen) atoms. The van der Waals surface area contributed by atoms with Crippen LogP contribution in [-0.2, 0) is 9.53 Å². The first-order chi connectivity index (χ1) is 10.2. The van der Waals surface area contributed by atoms with Gasteiger partial charge in [-0.15, -0.1) is 0 Å². The maximum Gasteiger partial charge on any atom is 0.337 e. The molecule has 0 spiro atoms. The molecule has 0 saturated carbocycles. The van der Waals surface area contributed by atoms with Gasteiger partial charge >= 0.3 is 5.97 Å². The van der Waals surface area contributed by atoms with Gasteiger partial charge in [0.25, 0.3) is 0 Å². The van der Waals surface area contributed by atoms with Crippen LogP contribution in [0.3, 0.4) is 0 Å². The fraction of sp³-hybridized carbons (Fsp3) is 0.0625. The Morgan fingerprint density at radius 2 is 1.76 bits per heavy atom. The Morgan fingerprint density at radius 1 is 1.10 bits per heavy atom. The Hall–Kier alpha value is -2.95. The highest BCUT2D eigenvalue weighted by Crippen LogP contribution is 2.10. The molecule has 0 atom stereocenters. The molecule has 1 aromatic heterocycles. The number of benzene rings is 1. The molecule has 5 heteroatoms. The minimum absolute atomic E-state index is 0.252. The number of hydrogen-bond acceptors (Lipinski definition) is 4. The van der Waals surface area contributed by atoms with Crippen molar-refractivity contribution in [1.82, 2.24) is 4.98 Å². The van der Waals surface area contributed by atoms with Crippen LogP contribution in [0.1, 0.15) is 15.9 Å². The van der Waals surface area contributed by atoms with E-state index >= 15 is 0 Å². The third-order valence-corrected chi connectivity index (χ3v) is 2.71. The van der Waals surface area contributed by atoms with Crippen molar-refractivity contribution >= 4 is 23.6 Å². The predicted octanol–water partition coefficient (Wildman–Crippen LogP) is 2.52. The molecule has 0 unspecified atom stereocenters. The Bertz CT molecular complexity index is 649. The van der Waals surface area contributed by atoms with Crippen LogP contribution in [0.2, 0.25) is 0 Å². The lowest BCUT2D eigenvalue weighted by molar-refractivity contribution is -0.111. The standard InChI is InChI=1S/C16H14N2O3/c1-21-16(20)13-3-5-14(6-4-13)18-15(19)7-2-12-8-10-17-11-9-12/h2-11H,1H3,(H,18,19). The van der Waals surface area contributed by atoms with Crippen molar-refractivity contribution in [2.24, 2.45) is 0 Å². The predicted molar refractivity (Wildman–Crippen MR) is 79.7 cm³/mol. The number of ether oxygens (including phenoxy) is 1. The number of nitrogens with zero attached hydrogens (tertiary/aromatic N) is 1. The van der Waals surface area contributed by atoms with Crippen molar-refractivity contribution in [3.8, 4) is 0 Å².